The second-order valence-corrected chi connectivity index (χ2v) is 38.4. The van der Waals surface area contributed by atoms with E-state index in [-0.39, 0.29) is 80.5 Å². The van der Waals surface area contributed by atoms with Crippen LogP contribution in [0.25, 0.3) is 0 Å². The Morgan fingerprint density at radius 2 is 0.406 bits per heavy atom. The average Bonchev–Trinajstić information content (AvgIpc) is 0.804. The molecule has 0 saturated carbocycles. The maximum absolute atomic E-state index is 11.4. The first-order chi connectivity index (χ1) is 45.9. The Labute approximate surface area is 609 Å². The van der Waals surface area contributed by atoms with Crippen molar-refractivity contribution in [1.82, 2.24) is 29.9 Å². The number of rotatable bonds is 18. The molecule has 101 heavy (non-hydrogen) atoms. The number of phenols is 5. The summed E-state index contributed by atoms with van der Waals surface area (Å²) in [6.45, 7) is 63.6. The van der Waals surface area contributed by atoms with Crippen LogP contribution in [0.2, 0.25) is 0 Å². The van der Waals surface area contributed by atoms with Gasteiger partial charge in [-0.25, -0.2) is 0 Å². The van der Waals surface area contributed by atoms with Gasteiger partial charge in [0, 0.05) is 61.4 Å². The summed E-state index contributed by atoms with van der Waals surface area (Å²) in [5, 5.41) is 57.0. The lowest BCUT2D eigenvalue weighted by molar-refractivity contribution is 0.355. The predicted molar refractivity (Wildman–Crippen MR) is 412 cm³/mol. The van der Waals surface area contributed by atoms with Crippen LogP contribution in [0.15, 0.2) is 65.8 Å². The van der Waals surface area contributed by atoms with Gasteiger partial charge in [0.15, 0.2) is 5.16 Å². The van der Waals surface area contributed by atoms with Gasteiger partial charge in [0.25, 0.3) is 0 Å². The highest BCUT2D eigenvalue weighted by Gasteiger charge is 2.34. The van der Waals surface area contributed by atoms with E-state index in [1.165, 1.54) is 32.1 Å². The topological polar surface area (TPSA) is 225 Å². The lowest BCUT2D eigenvalue weighted by atomic mass is 9.79. The third-order valence-corrected chi connectivity index (χ3v) is 18.4. The maximum Gasteiger partial charge on any atom is 0.331 e. The molecule has 0 atom stereocenters. The van der Waals surface area contributed by atoms with E-state index in [1.807, 2.05) is 149 Å². The van der Waals surface area contributed by atoms with E-state index in [4.69, 9.17) is 23.7 Å². The fraction of sp³-hybridized carbons (Fsp3) is 0.571. The van der Waals surface area contributed by atoms with Gasteiger partial charge in [-0.2, -0.15) is 9.97 Å². The predicted octanol–water partition coefficient (Wildman–Crippen LogP) is 23.7. The maximum atomic E-state index is 11.4. The van der Waals surface area contributed by atoms with Crippen molar-refractivity contribution in [2.75, 3.05) is 5.75 Å². The molecule has 0 saturated heterocycles. The van der Waals surface area contributed by atoms with Gasteiger partial charge in [-0.05, 0) is 121 Å². The van der Waals surface area contributed by atoms with Crippen molar-refractivity contribution in [2.45, 2.75) is 312 Å². The Balaban J connectivity index is 0.000000321. The standard InChI is InChI=1S/C45H63N3O6.C39H59N3O4S/c1-40(2,3)28-19-25(20-29(34(28)49)41(4,5)6)52-37-46-38(53-26-21-30(42(7,8)9)35(50)31(22-26)43(10,11)12)48-39(47-37)54-27-23-32(44(13,14)15)36(51)33(24-27)45(16,17)18;1-14-15-16-17-18-19-20-47-35-41-33(45-25-21-27(36(2,3)4)31(43)28(22-25)37(5,6)7)40-34(42-35)46-26-23-29(38(8,9)10)32(44)30(24-26)39(11,12)13/h19-24,49-51H,1-18H3;21-24,43-44H,14-20H2,1-13H3. The fourth-order valence-corrected chi connectivity index (χ4v) is 12.4. The van der Waals surface area contributed by atoms with Gasteiger partial charge >= 0.3 is 30.1 Å². The molecule has 0 aliphatic heterocycles. The molecule has 0 spiro atoms. The summed E-state index contributed by atoms with van der Waals surface area (Å²) in [6, 6.07) is 18.2. The van der Waals surface area contributed by atoms with Gasteiger partial charge in [0.1, 0.15) is 57.5 Å². The number of ether oxygens (including phenoxy) is 5. The quantitative estimate of drug-likeness (QED) is 0.0398. The summed E-state index contributed by atoms with van der Waals surface area (Å²) >= 11 is 1.57. The van der Waals surface area contributed by atoms with Crippen molar-refractivity contribution in [2.24, 2.45) is 0 Å². The SMILES string of the molecule is CC(C)(C)c1cc(Oc2nc(Oc3cc(C(C)(C)C)c(O)c(C(C)(C)C)c3)nc(Oc3cc(C(C)(C)C)c(O)c(C(C)(C)C)c3)n2)cc(C(C)(C)C)c1O.CCCCCCCCSc1nc(Oc2cc(C(C)(C)C)c(O)c(C(C)(C)C)c2)nc(Oc2cc(C(C)(C)C)c(O)c(C(C)(C)C)c2)n1. The van der Waals surface area contributed by atoms with E-state index in [0.29, 0.717) is 67.3 Å². The van der Waals surface area contributed by atoms with Crippen molar-refractivity contribution in [3.05, 3.63) is 116 Å². The molecule has 0 fully saturated rings. The summed E-state index contributed by atoms with van der Waals surface area (Å²) in [5.41, 5.74) is 3.82. The monoisotopic (exact) mass is 1410 g/mol. The van der Waals surface area contributed by atoms with Gasteiger partial charge in [-0.15, -0.1) is 19.9 Å². The summed E-state index contributed by atoms with van der Waals surface area (Å²) in [6.07, 6.45) is 7.24. The number of unbranched alkanes of at least 4 members (excludes halogenated alkanes) is 5. The van der Waals surface area contributed by atoms with Crippen LogP contribution < -0.4 is 23.7 Å². The van der Waals surface area contributed by atoms with Crippen LogP contribution in [-0.4, -0.2) is 61.2 Å². The first-order valence-electron chi connectivity index (χ1n) is 35.8. The number of phenolic OH excluding ortho intramolecular Hbond substituents is 5. The number of hydrogen-bond donors (Lipinski definition) is 5. The lowest BCUT2D eigenvalue weighted by Crippen LogP contribution is -2.17. The molecule has 5 N–H and O–H groups in total. The third-order valence-electron chi connectivity index (χ3n) is 17.4. The smallest absolute Gasteiger partial charge is 0.331 e. The first-order valence-corrected chi connectivity index (χ1v) is 36.8. The Bertz CT molecular complexity index is 3530. The van der Waals surface area contributed by atoms with Crippen LogP contribution in [0, 0.1) is 0 Å². The Hall–Kier alpha value is -7.53. The molecule has 0 aliphatic carbocycles. The van der Waals surface area contributed by atoms with Crippen LogP contribution in [0.3, 0.4) is 0 Å². The summed E-state index contributed by atoms with van der Waals surface area (Å²) < 4.78 is 31.9. The van der Waals surface area contributed by atoms with Gasteiger partial charge in [0.05, 0.1) is 0 Å². The minimum atomic E-state index is -0.395. The minimum absolute atomic E-state index is 0.0860. The molecule has 0 bridgehead atoms. The van der Waals surface area contributed by atoms with Gasteiger partial charge < -0.3 is 49.2 Å². The molecule has 17 heteroatoms. The normalized spacial score (nSPS) is 13.0. The molecular weight excluding hydrogens is 1290 g/mol. The highest BCUT2D eigenvalue weighted by atomic mass is 32.2. The molecule has 7 rings (SSSR count). The summed E-state index contributed by atoms with van der Waals surface area (Å²) in [4.78, 5) is 27.8. The van der Waals surface area contributed by atoms with Crippen LogP contribution in [-0.2, 0) is 54.1 Å². The molecule has 5 aromatic carbocycles. The lowest BCUT2D eigenvalue weighted by Gasteiger charge is -2.28. The number of thioether (sulfide) groups is 1. The average molecular weight is 1410 g/mol. The van der Waals surface area contributed by atoms with Crippen LogP contribution in [0.1, 0.15) is 309 Å². The highest BCUT2D eigenvalue weighted by Crippen LogP contribution is 2.49. The largest absolute Gasteiger partial charge is 0.507 e. The molecule has 0 unspecified atom stereocenters. The molecule has 0 aliphatic rings. The summed E-state index contributed by atoms with van der Waals surface area (Å²) in [7, 11) is 0. The second kappa shape index (κ2) is 30.4. The molecule has 0 amide bonds. The molecule has 2 heterocycles. The van der Waals surface area contributed by atoms with Crippen molar-refractivity contribution < 1.29 is 49.2 Å². The van der Waals surface area contributed by atoms with Crippen LogP contribution in [0.5, 0.6) is 87.5 Å². The van der Waals surface area contributed by atoms with Crippen molar-refractivity contribution in [3.8, 4) is 87.5 Å². The number of aromatic hydroxyl groups is 5. The molecule has 7 aromatic rings. The number of hydrogen-bond acceptors (Lipinski definition) is 17. The van der Waals surface area contributed by atoms with Gasteiger partial charge in [-0.1, -0.05) is 259 Å². The summed E-state index contributed by atoms with van der Waals surface area (Å²) in [5.74, 6) is 4.46. The molecule has 554 valence electrons. The minimum Gasteiger partial charge on any atom is -0.507 e. The molecule has 16 nitrogen and oxygen atoms in total. The Morgan fingerprint density at radius 1 is 0.248 bits per heavy atom. The van der Waals surface area contributed by atoms with Gasteiger partial charge in [0.2, 0.25) is 0 Å². The van der Waals surface area contributed by atoms with Crippen molar-refractivity contribution in [3.63, 3.8) is 0 Å². The van der Waals surface area contributed by atoms with E-state index >= 15 is 0 Å². The van der Waals surface area contributed by atoms with E-state index in [2.05, 4.69) is 120 Å². The zero-order chi connectivity index (χ0) is 76.5. The highest BCUT2D eigenvalue weighted by molar-refractivity contribution is 7.99. The van der Waals surface area contributed by atoms with Crippen molar-refractivity contribution in [1.29, 1.82) is 0 Å². The zero-order valence-electron chi connectivity index (χ0n) is 67.1. The van der Waals surface area contributed by atoms with E-state index in [1.54, 1.807) is 48.2 Å². The van der Waals surface area contributed by atoms with Crippen LogP contribution in [0.4, 0.5) is 0 Å². The van der Waals surface area contributed by atoms with E-state index < -0.39 is 32.5 Å². The number of aromatic nitrogens is 6. The van der Waals surface area contributed by atoms with E-state index in [0.717, 1.165) is 34.4 Å². The molecular formula is C84H122N6O10S. The second-order valence-electron chi connectivity index (χ2n) is 37.3. The van der Waals surface area contributed by atoms with Gasteiger partial charge in [-0.3, -0.25) is 0 Å². The zero-order valence-corrected chi connectivity index (χ0v) is 67.9. The number of benzene rings is 5. The first kappa shape index (κ1) is 82.4. The Kier molecular flexibility index (Phi) is 24.8. The molecule has 0 radical (unpaired) electrons. The van der Waals surface area contributed by atoms with Crippen LogP contribution >= 0.6 is 11.8 Å². The third kappa shape index (κ3) is 22.0. The Morgan fingerprint density at radius 3 is 0.574 bits per heavy atom. The van der Waals surface area contributed by atoms with E-state index in [9.17, 15) is 25.5 Å². The molecule has 2 aromatic heterocycles. The number of nitrogens with zero attached hydrogens (tertiary/aromatic N) is 6. The fourth-order valence-electron chi connectivity index (χ4n) is 11.6. The van der Waals surface area contributed by atoms with Crippen molar-refractivity contribution >= 4 is 11.8 Å².